The van der Waals surface area contributed by atoms with Crippen molar-refractivity contribution in [3.63, 3.8) is 0 Å². The summed E-state index contributed by atoms with van der Waals surface area (Å²) in [6, 6.07) is 0. The number of aromatic nitrogens is 2. The summed E-state index contributed by atoms with van der Waals surface area (Å²) in [4.78, 5) is 19.1. The fraction of sp³-hybridized carbons (Fsp3) is 0.667. The topological polar surface area (TPSA) is 50.2 Å². The Bertz CT molecular complexity index is 488. The molecule has 1 aromatic rings. The molecule has 1 N–H and O–H groups in total. The molecule has 1 aliphatic carbocycles. The Morgan fingerprint density at radius 3 is 2.76 bits per heavy atom. The van der Waals surface area contributed by atoms with Crippen LogP contribution in [-0.4, -0.2) is 35.7 Å². The third-order valence-corrected chi connectivity index (χ3v) is 3.69. The number of aryl methyl sites for hydroxylation is 1. The Morgan fingerprint density at radius 1 is 1.24 bits per heavy atom. The van der Waals surface area contributed by atoms with Gasteiger partial charge < -0.3 is 10.2 Å². The number of piperazine rings is 1. The van der Waals surface area contributed by atoms with E-state index in [1.165, 1.54) is 0 Å². The normalized spacial score (nSPS) is 19.5. The van der Waals surface area contributed by atoms with E-state index in [9.17, 15) is 4.79 Å². The zero-order valence-corrected chi connectivity index (χ0v) is 10.2. The highest BCUT2D eigenvalue weighted by atomic mass is 16.1. The first kappa shape index (κ1) is 10.8. The summed E-state index contributed by atoms with van der Waals surface area (Å²) in [6.07, 6.45) is 2.93. The largest absolute Gasteiger partial charge is 0.340 e. The average Bonchev–Trinajstić information content (AvgIpc) is 2.83. The zero-order valence-electron chi connectivity index (χ0n) is 10.2. The van der Waals surface area contributed by atoms with Gasteiger partial charge in [0.1, 0.15) is 0 Å². The lowest BCUT2D eigenvalue weighted by atomic mass is 10.2. The van der Waals surface area contributed by atoms with Crippen LogP contribution in [-0.2, 0) is 19.9 Å². The molecule has 0 bridgehead atoms. The van der Waals surface area contributed by atoms with E-state index in [1.54, 1.807) is 4.57 Å². The van der Waals surface area contributed by atoms with Crippen molar-refractivity contribution < 1.29 is 0 Å². The number of rotatable bonds is 1. The highest BCUT2D eigenvalue weighted by molar-refractivity contribution is 5.37. The second kappa shape index (κ2) is 4.14. The predicted octanol–water partition coefficient (Wildman–Crippen LogP) is -0.321. The van der Waals surface area contributed by atoms with Gasteiger partial charge in [0.15, 0.2) is 0 Å². The number of hydrogen-bond acceptors (Lipinski definition) is 4. The predicted molar refractivity (Wildman–Crippen MR) is 66.6 cm³/mol. The molecule has 17 heavy (non-hydrogen) atoms. The van der Waals surface area contributed by atoms with Crippen LogP contribution in [0, 0.1) is 0 Å². The first-order valence-electron chi connectivity index (χ1n) is 6.32. The molecule has 1 aromatic heterocycles. The molecule has 0 amide bonds. The van der Waals surface area contributed by atoms with Crippen LogP contribution in [0.2, 0.25) is 0 Å². The molecular weight excluding hydrogens is 216 g/mol. The summed E-state index contributed by atoms with van der Waals surface area (Å²) in [7, 11) is 1.84. The first-order valence-corrected chi connectivity index (χ1v) is 6.32. The summed E-state index contributed by atoms with van der Waals surface area (Å²) >= 11 is 0. The number of anilines is 1. The fourth-order valence-corrected chi connectivity index (χ4v) is 2.72. The summed E-state index contributed by atoms with van der Waals surface area (Å²) < 4.78 is 1.72. The van der Waals surface area contributed by atoms with Crippen molar-refractivity contribution in [2.75, 3.05) is 31.1 Å². The molecule has 0 saturated carbocycles. The molecular formula is C12H18N4O. The van der Waals surface area contributed by atoms with Gasteiger partial charge >= 0.3 is 0 Å². The summed E-state index contributed by atoms with van der Waals surface area (Å²) in [5, 5.41) is 3.31. The van der Waals surface area contributed by atoms with Crippen LogP contribution in [0.1, 0.15) is 17.7 Å². The molecule has 1 saturated heterocycles. The molecule has 5 heteroatoms. The van der Waals surface area contributed by atoms with Gasteiger partial charge in [-0.2, -0.15) is 0 Å². The molecule has 2 heterocycles. The lowest BCUT2D eigenvalue weighted by molar-refractivity contribution is 0.566. The molecule has 92 valence electrons. The maximum atomic E-state index is 12.2. The van der Waals surface area contributed by atoms with Crippen molar-refractivity contribution in [1.29, 1.82) is 0 Å². The van der Waals surface area contributed by atoms with Gasteiger partial charge in [0, 0.05) is 38.8 Å². The Morgan fingerprint density at radius 2 is 2.00 bits per heavy atom. The van der Waals surface area contributed by atoms with Crippen molar-refractivity contribution in [3.8, 4) is 0 Å². The van der Waals surface area contributed by atoms with Crippen LogP contribution >= 0.6 is 0 Å². The molecule has 0 radical (unpaired) electrons. The van der Waals surface area contributed by atoms with E-state index in [0.29, 0.717) is 0 Å². The van der Waals surface area contributed by atoms with Gasteiger partial charge in [-0.15, -0.1) is 0 Å². The lowest BCUT2D eigenvalue weighted by Gasteiger charge is -2.29. The minimum atomic E-state index is 0.154. The quantitative estimate of drug-likeness (QED) is 0.723. The third kappa shape index (κ3) is 1.74. The summed E-state index contributed by atoms with van der Waals surface area (Å²) in [6.45, 7) is 3.79. The molecule has 0 aromatic carbocycles. The maximum absolute atomic E-state index is 12.2. The van der Waals surface area contributed by atoms with Crippen LogP contribution in [0.5, 0.6) is 0 Å². The zero-order chi connectivity index (χ0) is 11.8. The highest BCUT2D eigenvalue weighted by Crippen LogP contribution is 2.19. The minimum Gasteiger partial charge on any atom is -0.340 e. The van der Waals surface area contributed by atoms with Gasteiger partial charge in [-0.3, -0.25) is 9.36 Å². The third-order valence-electron chi connectivity index (χ3n) is 3.69. The molecule has 1 fully saturated rings. The van der Waals surface area contributed by atoms with Gasteiger partial charge in [-0.05, 0) is 19.3 Å². The smallest absolute Gasteiger partial charge is 0.258 e. The van der Waals surface area contributed by atoms with E-state index in [-0.39, 0.29) is 5.56 Å². The van der Waals surface area contributed by atoms with Crippen LogP contribution in [0.15, 0.2) is 4.79 Å². The number of nitrogens with zero attached hydrogens (tertiary/aromatic N) is 3. The summed E-state index contributed by atoms with van der Waals surface area (Å²) in [5.41, 5.74) is 2.12. The van der Waals surface area contributed by atoms with Crippen molar-refractivity contribution in [3.05, 3.63) is 21.6 Å². The van der Waals surface area contributed by atoms with Crippen LogP contribution in [0.4, 0.5) is 5.95 Å². The van der Waals surface area contributed by atoms with Crippen molar-refractivity contribution in [2.24, 2.45) is 7.05 Å². The van der Waals surface area contributed by atoms with Gasteiger partial charge in [-0.1, -0.05) is 0 Å². The molecule has 5 nitrogen and oxygen atoms in total. The number of nitrogens with one attached hydrogen (secondary N) is 1. The molecule has 1 aliphatic heterocycles. The maximum Gasteiger partial charge on any atom is 0.258 e. The monoisotopic (exact) mass is 234 g/mol. The second-order valence-electron chi connectivity index (χ2n) is 4.79. The van der Waals surface area contributed by atoms with Crippen LogP contribution in [0.25, 0.3) is 0 Å². The highest BCUT2D eigenvalue weighted by Gasteiger charge is 2.22. The summed E-state index contributed by atoms with van der Waals surface area (Å²) in [5.74, 6) is 0.845. The average molecular weight is 234 g/mol. The molecule has 0 unspecified atom stereocenters. The Labute approximate surface area is 100 Å². The molecule has 0 atom stereocenters. The van der Waals surface area contributed by atoms with Crippen molar-refractivity contribution in [1.82, 2.24) is 14.9 Å². The SMILES string of the molecule is Cn1c(N2CCNCC2)nc2c(c1=O)CCC2. The van der Waals surface area contributed by atoms with E-state index >= 15 is 0 Å². The second-order valence-corrected chi connectivity index (χ2v) is 4.79. The molecule has 2 aliphatic rings. The van der Waals surface area contributed by atoms with Crippen LogP contribution < -0.4 is 15.8 Å². The van der Waals surface area contributed by atoms with E-state index in [0.717, 1.165) is 62.6 Å². The Kier molecular flexibility index (Phi) is 2.63. The van der Waals surface area contributed by atoms with E-state index < -0.39 is 0 Å². The van der Waals surface area contributed by atoms with Crippen molar-refractivity contribution >= 4 is 5.95 Å². The van der Waals surface area contributed by atoms with E-state index in [2.05, 4.69) is 10.2 Å². The Hall–Kier alpha value is -1.36. The van der Waals surface area contributed by atoms with Gasteiger partial charge in [0.25, 0.3) is 5.56 Å². The van der Waals surface area contributed by atoms with Gasteiger partial charge in [-0.25, -0.2) is 4.98 Å². The molecule has 3 rings (SSSR count). The van der Waals surface area contributed by atoms with Crippen LogP contribution in [0.3, 0.4) is 0 Å². The van der Waals surface area contributed by atoms with E-state index in [1.807, 2.05) is 7.05 Å². The minimum absolute atomic E-state index is 0.154. The van der Waals surface area contributed by atoms with Gasteiger partial charge in [0.05, 0.1) is 5.69 Å². The number of fused-ring (bicyclic) bond motifs is 1. The standard InChI is InChI=1S/C12H18N4O/c1-15-11(17)9-3-2-4-10(9)14-12(15)16-7-5-13-6-8-16/h13H,2-8H2,1H3. The Balaban J connectivity index is 2.05. The van der Waals surface area contributed by atoms with Crippen molar-refractivity contribution in [2.45, 2.75) is 19.3 Å². The molecule has 0 spiro atoms. The number of hydrogen-bond donors (Lipinski definition) is 1. The first-order chi connectivity index (χ1) is 8.27. The fourth-order valence-electron chi connectivity index (χ4n) is 2.72. The lowest BCUT2D eigenvalue weighted by Crippen LogP contribution is -2.46. The van der Waals surface area contributed by atoms with E-state index in [4.69, 9.17) is 4.98 Å². The van der Waals surface area contributed by atoms with Gasteiger partial charge in [0.2, 0.25) is 5.95 Å².